The summed E-state index contributed by atoms with van der Waals surface area (Å²) in [6, 6.07) is -0.692. The summed E-state index contributed by atoms with van der Waals surface area (Å²) in [7, 11) is -2.46. The van der Waals surface area contributed by atoms with Gasteiger partial charge in [0.2, 0.25) is 0 Å². The molecule has 2 heterocycles. The Labute approximate surface area is 131 Å². The maximum absolute atomic E-state index is 14.7. The van der Waals surface area contributed by atoms with E-state index in [1.54, 1.807) is 0 Å². The minimum Gasteiger partial charge on any atom is -0.756 e. The second-order valence-electron chi connectivity index (χ2n) is 5.02. The number of hydrogen-bond donors (Lipinski definition) is 2. The van der Waals surface area contributed by atoms with E-state index < -0.39 is 38.5 Å². The molecule has 2 N–H and O–H groups in total. The molecule has 2 rings (SSSR count). The quantitative estimate of drug-likeness (QED) is 0.619. The third-order valence-corrected chi connectivity index (χ3v) is 4.45. The number of methoxy groups -OCH3 is 1. The largest absolute Gasteiger partial charge is 0.756 e. The number of carbonyl (C=O) groups excluding carboxylic acids is 1. The maximum Gasteiger partial charge on any atom is 0.324 e. The van der Waals surface area contributed by atoms with E-state index in [-0.39, 0.29) is 25.4 Å². The molecule has 0 aromatic heterocycles. The molecular weight excluding hydrogens is 336 g/mol. The van der Waals surface area contributed by atoms with Gasteiger partial charge in [0.1, 0.15) is 18.0 Å². The lowest BCUT2D eigenvalue weighted by molar-refractivity contribution is -0.230. The van der Waals surface area contributed by atoms with Gasteiger partial charge < -0.3 is 23.4 Å². The van der Waals surface area contributed by atoms with Crippen molar-refractivity contribution in [3.8, 4) is 0 Å². The molecule has 2 unspecified atom stereocenters. The van der Waals surface area contributed by atoms with Gasteiger partial charge in [-0.1, -0.05) is 0 Å². The Bertz CT molecular complexity index is 522. The first-order valence-corrected chi connectivity index (χ1v) is 8.24. The number of nitrogens with zero attached hydrogens (tertiary/aromatic N) is 1. The van der Waals surface area contributed by atoms with Gasteiger partial charge in [-0.3, -0.25) is 20.2 Å². The molecule has 12 heteroatoms. The lowest BCUT2D eigenvalue weighted by atomic mass is 10.1. The van der Waals surface area contributed by atoms with Crippen LogP contribution in [-0.2, 0) is 23.1 Å². The highest BCUT2D eigenvalue weighted by atomic mass is 31.2. The Morgan fingerprint density at radius 3 is 2.83 bits per heavy atom. The van der Waals surface area contributed by atoms with Gasteiger partial charge in [0, 0.05) is 27.2 Å². The summed E-state index contributed by atoms with van der Waals surface area (Å²) in [4.78, 5) is 24.4. The van der Waals surface area contributed by atoms with Crippen LogP contribution in [0.2, 0.25) is 0 Å². The zero-order valence-corrected chi connectivity index (χ0v) is 13.5. The molecule has 0 bridgehead atoms. The summed E-state index contributed by atoms with van der Waals surface area (Å²) >= 11 is 0. The number of halogens is 1. The fourth-order valence-corrected chi connectivity index (χ4v) is 3.04. The number of ether oxygens (including phenoxy) is 2. The lowest BCUT2D eigenvalue weighted by Crippen LogP contribution is -2.55. The maximum atomic E-state index is 14.7. The van der Waals surface area contributed by atoms with Crippen molar-refractivity contribution >= 4 is 19.7 Å². The van der Waals surface area contributed by atoms with E-state index in [0.29, 0.717) is 0 Å². The number of phosphoric ester groups is 1. The smallest absolute Gasteiger partial charge is 0.324 e. The van der Waals surface area contributed by atoms with E-state index in [1.807, 2.05) is 0 Å². The molecule has 0 aromatic carbocycles. The normalized spacial score (nSPS) is 34.3. The van der Waals surface area contributed by atoms with E-state index in [2.05, 4.69) is 9.84 Å². The van der Waals surface area contributed by atoms with Gasteiger partial charge in [0.05, 0.1) is 6.61 Å². The highest BCUT2D eigenvalue weighted by Gasteiger charge is 2.51. The number of phosphoric acid groups is 1. The highest BCUT2D eigenvalue weighted by molar-refractivity contribution is 7.45. The minimum absolute atomic E-state index is 0.0179. The molecule has 2 saturated heterocycles. The average molecular weight is 354 g/mol. The van der Waals surface area contributed by atoms with Gasteiger partial charge in [0.25, 0.3) is 7.82 Å². The molecule has 0 radical (unpaired) electrons. The first-order valence-electron chi connectivity index (χ1n) is 6.77. The first kappa shape index (κ1) is 18.2. The van der Waals surface area contributed by atoms with Crippen molar-refractivity contribution in [2.75, 3.05) is 27.4 Å². The zero-order chi connectivity index (χ0) is 17.2. The average Bonchev–Trinajstić information content (AvgIpc) is 2.77. The lowest BCUT2D eigenvalue weighted by Gasteiger charge is -2.33. The monoisotopic (exact) mass is 354 g/mol. The van der Waals surface area contributed by atoms with Gasteiger partial charge in [-0.2, -0.15) is 0 Å². The van der Waals surface area contributed by atoms with Crippen LogP contribution in [0.3, 0.4) is 0 Å². The molecule has 0 spiro atoms. The number of amides is 2. The molecule has 132 valence electrons. The Kier molecular flexibility index (Phi) is 5.71. The van der Waals surface area contributed by atoms with Crippen LogP contribution in [0.25, 0.3) is 0 Å². The number of rotatable bonds is 6. The molecule has 2 aliphatic heterocycles. The van der Waals surface area contributed by atoms with Crippen LogP contribution in [0.15, 0.2) is 0 Å². The Balaban J connectivity index is 2.15. The van der Waals surface area contributed by atoms with Gasteiger partial charge in [-0.15, -0.1) is 0 Å². The van der Waals surface area contributed by atoms with Crippen molar-refractivity contribution in [2.45, 2.75) is 31.0 Å². The number of alkyl halides is 1. The predicted octanol–water partition coefficient (Wildman–Crippen LogP) is -0.412. The molecule has 23 heavy (non-hydrogen) atoms. The van der Waals surface area contributed by atoms with Crippen molar-refractivity contribution in [3.05, 3.63) is 0 Å². The number of carbonyl (C=O) groups is 1. The van der Waals surface area contributed by atoms with Crippen LogP contribution in [0.5, 0.6) is 0 Å². The van der Waals surface area contributed by atoms with Crippen LogP contribution in [0.1, 0.15) is 6.42 Å². The van der Waals surface area contributed by atoms with Crippen LogP contribution >= 0.6 is 7.82 Å². The van der Waals surface area contributed by atoms with E-state index in [9.17, 15) is 18.6 Å². The second kappa shape index (κ2) is 7.20. The van der Waals surface area contributed by atoms with Crippen LogP contribution in [0, 0.1) is 5.41 Å². The van der Waals surface area contributed by atoms with Crippen molar-refractivity contribution in [1.29, 1.82) is 5.41 Å². The Morgan fingerprint density at radius 1 is 1.57 bits per heavy atom. The van der Waals surface area contributed by atoms with E-state index >= 15 is 0 Å². The minimum atomic E-state index is -4.69. The van der Waals surface area contributed by atoms with Gasteiger partial charge in [0.15, 0.2) is 12.4 Å². The zero-order valence-electron chi connectivity index (χ0n) is 12.6. The van der Waals surface area contributed by atoms with Crippen LogP contribution in [0.4, 0.5) is 9.18 Å². The van der Waals surface area contributed by atoms with Crippen LogP contribution < -0.4 is 10.2 Å². The van der Waals surface area contributed by atoms with Crippen molar-refractivity contribution < 1.29 is 37.2 Å². The third-order valence-electron chi connectivity index (χ3n) is 3.50. The molecule has 2 aliphatic rings. The SMILES string of the molecule is COC[C@H]1O[C@@H](N2CCC(=N)NC2=O)[C@@H](F)C1OP(=O)([O-])OC. The summed E-state index contributed by atoms with van der Waals surface area (Å²) in [5.41, 5.74) is 0. The summed E-state index contributed by atoms with van der Waals surface area (Å²) < 4.78 is 45.3. The van der Waals surface area contributed by atoms with Crippen LogP contribution in [-0.4, -0.2) is 68.7 Å². The van der Waals surface area contributed by atoms with Gasteiger partial charge >= 0.3 is 6.03 Å². The summed E-state index contributed by atoms with van der Waals surface area (Å²) in [6.45, 7) is -0.0575. The van der Waals surface area contributed by atoms with Crippen molar-refractivity contribution in [3.63, 3.8) is 0 Å². The molecule has 10 nitrogen and oxygen atoms in total. The molecule has 5 atom stereocenters. The first-order chi connectivity index (χ1) is 10.8. The number of hydrogen-bond acceptors (Lipinski definition) is 8. The van der Waals surface area contributed by atoms with Gasteiger partial charge in [-0.05, 0) is 0 Å². The standard InChI is InChI=1S/C11H19FN3O7P/c1-19-5-6-9(22-23(17,18)20-2)8(12)10(21-6)15-4-3-7(13)14-11(15)16/h6,8-10H,3-5H2,1-2H3,(H,17,18)(H2,13,14,16)/p-1/t6-,8+,9?,10-/m1/s1. The summed E-state index contributed by atoms with van der Waals surface area (Å²) in [5, 5.41) is 9.64. The van der Waals surface area contributed by atoms with Crippen molar-refractivity contribution in [1.82, 2.24) is 10.2 Å². The van der Waals surface area contributed by atoms with Crippen molar-refractivity contribution in [2.24, 2.45) is 0 Å². The second-order valence-corrected chi connectivity index (χ2v) is 6.49. The van der Waals surface area contributed by atoms with Gasteiger partial charge in [-0.25, -0.2) is 9.18 Å². The topological polar surface area (TPSA) is 133 Å². The summed E-state index contributed by atoms with van der Waals surface area (Å²) in [5.74, 6) is 0.0179. The molecule has 0 saturated carbocycles. The van der Waals surface area contributed by atoms with E-state index in [1.165, 1.54) is 7.11 Å². The number of nitrogens with one attached hydrogen (secondary N) is 2. The molecule has 2 fully saturated rings. The Hall–Kier alpha value is -1.10. The summed E-state index contributed by atoms with van der Waals surface area (Å²) in [6.07, 6.45) is -5.60. The molecule has 0 aromatic rings. The fraction of sp³-hybridized carbons (Fsp3) is 0.818. The fourth-order valence-electron chi connectivity index (χ4n) is 2.40. The molecule has 2 amide bonds. The van der Waals surface area contributed by atoms with E-state index in [0.717, 1.165) is 12.0 Å². The number of urea groups is 1. The molecule has 0 aliphatic carbocycles. The predicted molar refractivity (Wildman–Crippen MR) is 72.5 cm³/mol. The molecular formula is C11H18FN3O7P-. The highest BCUT2D eigenvalue weighted by Crippen LogP contribution is 2.43. The Morgan fingerprint density at radius 2 is 2.26 bits per heavy atom. The third kappa shape index (κ3) is 4.06. The number of amidine groups is 1. The van der Waals surface area contributed by atoms with E-state index in [4.69, 9.17) is 19.4 Å².